The first-order valence-corrected chi connectivity index (χ1v) is 12.7. The third kappa shape index (κ3) is 3.48. The molecule has 0 spiro atoms. The minimum atomic E-state index is -3.78. The summed E-state index contributed by atoms with van der Waals surface area (Å²) in [7, 11) is -4.48. The number of rotatable bonds is 5. The van der Waals surface area contributed by atoms with E-state index in [9.17, 15) is 8.42 Å². The Morgan fingerprint density at radius 3 is 2.52 bits per heavy atom. The van der Waals surface area contributed by atoms with E-state index >= 15 is 0 Å². The van der Waals surface area contributed by atoms with Crippen molar-refractivity contribution in [1.82, 2.24) is 9.47 Å². The molecular formula is C22H24N3O2S2+. The summed E-state index contributed by atoms with van der Waals surface area (Å²) in [6.07, 6.45) is 4.72. The van der Waals surface area contributed by atoms with Gasteiger partial charge in [0.2, 0.25) is 0 Å². The van der Waals surface area contributed by atoms with Crippen molar-refractivity contribution in [3.63, 3.8) is 0 Å². The summed E-state index contributed by atoms with van der Waals surface area (Å²) >= 11 is 0. The quantitative estimate of drug-likeness (QED) is 0.485. The molecule has 3 heterocycles. The van der Waals surface area contributed by atoms with Crippen LogP contribution in [0, 0.1) is 0 Å². The fraction of sp³-hybridized carbons (Fsp3) is 0.273. The number of likely N-dealkylation sites (tertiary alicyclic amines) is 1. The van der Waals surface area contributed by atoms with E-state index in [1.807, 2.05) is 30.3 Å². The van der Waals surface area contributed by atoms with E-state index in [2.05, 4.69) is 33.9 Å². The van der Waals surface area contributed by atoms with E-state index in [4.69, 9.17) is 5.14 Å². The van der Waals surface area contributed by atoms with Gasteiger partial charge in [-0.15, -0.1) is 0 Å². The number of aromatic nitrogens is 1. The van der Waals surface area contributed by atoms with Gasteiger partial charge in [-0.2, -0.15) is 0 Å². The van der Waals surface area contributed by atoms with Crippen LogP contribution in [0.2, 0.25) is 0 Å². The Morgan fingerprint density at radius 2 is 1.72 bits per heavy atom. The second-order valence-corrected chi connectivity index (χ2v) is 11.4. The molecule has 2 N–H and O–H groups in total. The third-order valence-corrected chi connectivity index (χ3v) is 9.66. The Kier molecular flexibility index (Phi) is 4.70. The van der Waals surface area contributed by atoms with Crippen molar-refractivity contribution in [3.8, 4) is 4.90 Å². The predicted molar refractivity (Wildman–Crippen MR) is 120 cm³/mol. The average molecular weight is 427 g/mol. The largest absolute Gasteiger partial charge is 0.346 e. The molecule has 5 nitrogen and oxygen atoms in total. The summed E-state index contributed by atoms with van der Waals surface area (Å²) < 4.78 is 28.2. The normalized spacial score (nSPS) is 16.2. The van der Waals surface area contributed by atoms with E-state index in [1.54, 1.807) is 6.07 Å². The zero-order chi connectivity index (χ0) is 20.0. The predicted octanol–water partition coefficient (Wildman–Crippen LogP) is 4.28. The van der Waals surface area contributed by atoms with Crippen LogP contribution in [0.15, 0.2) is 65.0 Å². The Morgan fingerprint density at radius 1 is 0.931 bits per heavy atom. The van der Waals surface area contributed by atoms with Crippen LogP contribution in [-0.2, 0) is 16.6 Å². The lowest BCUT2D eigenvalue weighted by Gasteiger charge is -2.15. The first-order valence-electron chi connectivity index (χ1n) is 9.90. The Hall–Kier alpha value is -2.19. The SMILES string of the molecule is NS(=O)(=O)c1cc2ccccc2[s+]1-c1ccc2ccn(CCN3CCCC3)c2c1. The number of sulfonamides is 1. The molecule has 0 amide bonds. The number of thiophene rings is 1. The zero-order valence-corrected chi connectivity index (χ0v) is 17.8. The Bertz CT molecular complexity index is 1300. The lowest BCUT2D eigenvalue weighted by molar-refractivity contribution is 0.324. The van der Waals surface area contributed by atoms with E-state index < -0.39 is 20.5 Å². The van der Waals surface area contributed by atoms with Gasteiger partial charge in [0.15, 0.2) is 9.60 Å². The molecule has 29 heavy (non-hydrogen) atoms. The molecule has 7 heteroatoms. The minimum Gasteiger partial charge on any atom is -0.346 e. The van der Waals surface area contributed by atoms with Crippen LogP contribution in [0.3, 0.4) is 0 Å². The van der Waals surface area contributed by atoms with Gasteiger partial charge in [-0.05, 0) is 61.6 Å². The highest BCUT2D eigenvalue weighted by atomic mass is 32.3. The van der Waals surface area contributed by atoms with Crippen LogP contribution in [-0.4, -0.2) is 37.5 Å². The van der Waals surface area contributed by atoms with Crippen molar-refractivity contribution in [2.45, 2.75) is 23.6 Å². The number of nitrogens with two attached hydrogens (primary N) is 1. The van der Waals surface area contributed by atoms with Crippen molar-refractivity contribution in [2.75, 3.05) is 19.6 Å². The molecule has 1 atom stereocenters. The standard InChI is InChI=1S/C22H24N3O2S2/c23-29(26,27)22-15-18-5-1-2-6-21(18)28(22)19-8-7-17-9-12-25(20(17)16-19)14-13-24-10-3-4-11-24/h1-2,5-9,12,15-16H,3-4,10-11,13-14H2,(H2,23,26,27)/q+1. The van der Waals surface area contributed by atoms with Gasteiger partial charge in [0, 0.05) is 47.3 Å². The number of hydrogen-bond donors (Lipinski definition) is 1. The molecule has 1 aliphatic rings. The molecule has 5 rings (SSSR count). The van der Waals surface area contributed by atoms with Gasteiger partial charge in [-0.1, -0.05) is 12.1 Å². The molecule has 0 bridgehead atoms. The first kappa shape index (κ1) is 18.8. The van der Waals surface area contributed by atoms with Crippen LogP contribution in [0.25, 0.3) is 25.9 Å². The van der Waals surface area contributed by atoms with Crippen molar-refractivity contribution in [1.29, 1.82) is 0 Å². The lowest BCUT2D eigenvalue weighted by atomic mass is 10.2. The van der Waals surface area contributed by atoms with Crippen LogP contribution < -0.4 is 5.14 Å². The van der Waals surface area contributed by atoms with Crippen molar-refractivity contribution < 1.29 is 8.42 Å². The molecule has 0 radical (unpaired) electrons. The van der Waals surface area contributed by atoms with Crippen LogP contribution >= 0.6 is 10.5 Å². The first-order chi connectivity index (χ1) is 14.0. The number of fused-ring (bicyclic) bond motifs is 2. The van der Waals surface area contributed by atoms with Gasteiger partial charge in [-0.25, -0.2) is 13.6 Å². The maximum Gasteiger partial charge on any atom is 0.287 e. The molecular weight excluding hydrogens is 402 g/mol. The van der Waals surface area contributed by atoms with Gasteiger partial charge >= 0.3 is 0 Å². The molecule has 1 saturated heterocycles. The molecule has 1 aliphatic heterocycles. The van der Waals surface area contributed by atoms with Crippen LogP contribution in [0.5, 0.6) is 0 Å². The number of hydrogen-bond acceptors (Lipinski definition) is 3. The molecule has 4 aromatic rings. The summed E-state index contributed by atoms with van der Waals surface area (Å²) in [5.41, 5.74) is 1.15. The summed E-state index contributed by atoms with van der Waals surface area (Å²) in [5, 5.41) is 7.70. The van der Waals surface area contributed by atoms with E-state index in [0.717, 1.165) is 33.6 Å². The summed E-state index contributed by atoms with van der Waals surface area (Å²) in [6.45, 7) is 4.36. The second-order valence-electron chi connectivity index (χ2n) is 7.63. The van der Waals surface area contributed by atoms with Gasteiger partial charge in [0.25, 0.3) is 14.2 Å². The molecule has 0 aliphatic carbocycles. The third-order valence-electron chi connectivity index (χ3n) is 5.73. The Labute approximate surface area is 173 Å². The number of benzene rings is 2. The van der Waals surface area contributed by atoms with Crippen LogP contribution in [0.4, 0.5) is 0 Å². The van der Waals surface area contributed by atoms with Crippen molar-refractivity contribution >= 4 is 41.5 Å². The maximum atomic E-state index is 12.3. The summed E-state index contributed by atoms with van der Waals surface area (Å²) in [6, 6.07) is 18.0. The fourth-order valence-corrected chi connectivity index (χ4v) is 8.00. The van der Waals surface area contributed by atoms with Gasteiger partial charge in [-0.3, -0.25) is 0 Å². The highest BCUT2D eigenvalue weighted by Gasteiger charge is 2.30. The number of nitrogens with zero attached hydrogens (tertiary/aromatic N) is 2. The van der Waals surface area contributed by atoms with Crippen LogP contribution in [0.1, 0.15) is 12.8 Å². The maximum absolute atomic E-state index is 12.3. The molecule has 2 aromatic heterocycles. The van der Waals surface area contributed by atoms with Crippen molar-refractivity contribution in [3.05, 3.63) is 60.8 Å². The highest BCUT2D eigenvalue weighted by molar-refractivity contribution is 7.92. The van der Waals surface area contributed by atoms with E-state index in [-0.39, 0.29) is 0 Å². The topological polar surface area (TPSA) is 68.3 Å². The van der Waals surface area contributed by atoms with Crippen molar-refractivity contribution in [2.24, 2.45) is 5.14 Å². The minimum absolute atomic E-state index is 0.299. The molecule has 0 saturated carbocycles. The van der Waals surface area contributed by atoms with Gasteiger partial charge in [0.1, 0.15) is 0 Å². The Balaban J connectivity index is 1.61. The number of primary sulfonamides is 1. The van der Waals surface area contributed by atoms with E-state index in [1.165, 1.54) is 31.3 Å². The summed E-state index contributed by atoms with van der Waals surface area (Å²) in [4.78, 5) is 3.50. The average Bonchev–Trinajstić information content (AvgIpc) is 3.43. The molecule has 1 unspecified atom stereocenters. The zero-order valence-electron chi connectivity index (χ0n) is 16.1. The highest BCUT2D eigenvalue weighted by Crippen LogP contribution is 2.46. The summed E-state index contributed by atoms with van der Waals surface area (Å²) in [5.74, 6) is 0. The fourth-order valence-electron chi connectivity index (χ4n) is 4.26. The second kappa shape index (κ2) is 7.25. The molecule has 1 fully saturated rings. The van der Waals surface area contributed by atoms with Gasteiger partial charge in [0.05, 0.1) is 5.52 Å². The smallest absolute Gasteiger partial charge is 0.287 e. The van der Waals surface area contributed by atoms with E-state index in [0.29, 0.717) is 4.21 Å². The molecule has 2 aromatic carbocycles. The monoisotopic (exact) mass is 426 g/mol. The molecule has 150 valence electrons. The van der Waals surface area contributed by atoms with Gasteiger partial charge < -0.3 is 9.47 Å². The lowest BCUT2D eigenvalue weighted by Crippen LogP contribution is -2.23.